The molecule has 0 radical (unpaired) electrons. The number of thiophene rings is 1. The molecule has 1 fully saturated rings. The lowest BCUT2D eigenvalue weighted by Gasteiger charge is -2.31. The molecule has 1 aromatic heterocycles. The Labute approximate surface area is 160 Å². The summed E-state index contributed by atoms with van der Waals surface area (Å²) in [5, 5.41) is 5.80. The quantitative estimate of drug-likeness (QED) is 0.828. The Morgan fingerprint density at radius 2 is 1.84 bits per heavy atom. The van der Waals surface area contributed by atoms with Crippen LogP contribution in [0.15, 0.2) is 35.7 Å². The van der Waals surface area contributed by atoms with Crippen molar-refractivity contribution in [1.82, 2.24) is 4.90 Å². The first-order valence-electron chi connectivity index (χ1n) is 8.08. The largest absolute Gasteiger partial charge is 0.342 e. The van der Waals surface area contributed by atoms with Crippen LogP contribution in [-0.4, -0.2) is 29.8 Å². The van der Waals surface area contributed by atoms with Gasteiger partial charge in [-0.25, -0.2) is 0 Å². The fraction of sp³-hybridized carbons (Fsp3) is 0.333. The van der Waals surface area contributed by atoms with Crippen LogP contribution in [0, 0.1) is 5.92 Å². The molecule has 0 atom stereocenters. The number of hydrogen-bond acceptors (Lipinski definition) is 3. The van der Waals surface area contributed by atoms with Crippen molar-refractivity contribution in [3.63, 3.8) is 0 Å². The number of amides is 2. The maximum atomic E-state index is 12.4. The number of halogens is 2. The molecule has 1 saturated heterocycles. The van der Waals surface area contributed by atoms with Crippen molar-refractivity contribution >= 4 is 52.0 Å². The second-order valence-electron chi connectivity index (χ2n) is 6.06. The maximum absolute atomic E-state index is 12.4. The van der Waals surface area contributed by atoms with Gasteiger partial charge < -0.3 is 10.2 Å². The summed E-state index contributed by atoms with van der Waals surface area (Å²) in [5.74, 6) is -0.0323. The van der Waals surface area contributed by atoms with Crippen molar-refractivity contribution in [1.29, 1.82) is 0 Å². The summed E-state index contributed by atoms with van der Waals surface area (Å²) in [6.07, 6.45) is 1.77. The molecule has 1 aliphatic rings. The second-order valence-corrected chi connectivity index (χ2v) is 7.96. The van der Waals surface area contributed by atoms with Crippen molar-refractivity contribution < 1.29 is 9.59 Å². The van der Waals surface area contributed by atoms with E-state index in [4.69, 9.17) is 23.2 Å². The van der Waals surface area contributed by atoms with Crippen LogP contribution in [0.25, 0.3) is 0 Å². The van der Waals surface area contributed by atoms with Gasteiger partial charge in [0.15, 0.2) is 0 Å². The SMILES string of the molecule is O=C(Nc1cc(Cl)cc(Cl)c1)C1CCN(C(=O)Cc2cccs2)CC1. The molecular weight excluding hydrogens is 379 g/mol. The highest BCUT2D eigenvalue weighted by Crippen LogP contribution is 2.25. The first-order valence-corrected chi connectivity index (χ1v) is 9.72. The smallest absolute Gasteiger partial charge is 0.227 e. The van der Waals surface area contributed by atoms with Crippen molar-refractivity contribution in [2.24, 2.45) is 5.92 Å². The standard InChI is InChI=1S/C18H18Cl2N2O2S/c19-13-8-14(20)10-15(9-13)21-18(24)12-3-5-22(6-4-12)17(23)11-16-2-1-7-25-16/h1-2,7-10,12H,3-6,11H2,(H,21,24). The Balaban J connectivity index is 1.51. The van der Waals surface area contributed by atoms with Crippen LogP contribution >= 0.6 is 34.5 Å². The predicted octanol–water partition coefficient (Wildman–Crippen LogP) is 4.47. The van der Waals surface area contributed by atoms with Crippen molar-refractivity contribution in [2.45, 2.75) is 19.3 Å². The van der Waals surface area contributed by atoms with E-state index in [9.17, 15) is 9.59 Å². The number of carbonyl (C=O) groups excluding carboxylic acids is 2. The molecule has 2 heterocycles. The lowest BCUT2D eigenvalue weighted by Crippen LogP contribution is -2.42. The van der Waals surface area contributed by atoms with Gasteiger partial charge >= 0.3 is 0 Å². The van der Waals surface area contributed by atoms with E-state index >= 15 is 0 Å². The third kappa shape index (κ3) is 4.97. The Hall–Kier alpha value is -1.56. The van der Waals surface area contributed by atoms with Gasteiger partial charge in [-0.1, -0.05) is 29.3 Å². The van der Waals surface area contributed by atoms with Gasteiger partial charge in [0.05, 0.1) is 6.42 Å². The van der Waals surface area contributed by atoms with E-state index in [0.29, 0.717) is 48.1 Å². The summed E-state index contributed by atoms with van der Waals surface area (Å²) in [6, 6.07) is 8.89. The molecule has 132 valence electrons. The molecule has 2 amide bonds. The zero-order chi connectivity index (χ0) is 17.8. The fourth-order valence-electron chi connectivity index (χ4n) is 2.94. The topological polar surface area (TPSA) is 49.4 Å². The molecule has 2 aromatic rings. The molecule has 0 unspecified atom stereocenters. The molecule has 0 bridgehead atoms. The van der Waals surface area contributed by atoms with Gasteiger partial charge in [0.1, 0.15) is 0 Å². The summed E-state index contributed by atoms with van der Waals surface area (Å²) >= 11 is 13.5. The molecule has 7 heteroatoms. The molecule has 1 aromatic carbocycles. The molecule has 3 rings (SSSR count). The Kier molecular flexibility index (Phi) is 5.99. The second kappa shape index (κ2) is 8.21. The van der Waals surface area contributed by atoms with E-state index in [-0.39, 0.29) is 17.7 Å². The number of likely N-dealkylation sites (tertiary alicyclic amines) is 1. The van der Waals surface area contributed by atoms with Crippen molar-refractivity contribution in [2.75, 3.05) is 18.4 Å². The zero-order valence-corrected chi connectivity index (χ0v) is 15.8. The zero-order valence-electron chi connectivity index (χ0n) is 13.5. The third-order valence-corrected chi connectivity index (χ3v) is 5.57. The van der Waals surface area contributed by atoms with Crippen LogP contribution in [-0.2, 0) is 16.0 Å². The van der Waals surface area contributed by atoms with Gasteiger partial charge in [-0.3, -0.25) is 9.59 Å². The minimum Gasteiger partial charge on any atom is -0.342 e. The molecule has 0 spiro atoms. The lowest BCUT2D eigenvalue weighted by atomic mass is 9.95. The number of anilines is 1. The van der Waals surface area contributed by atoms with E-state index in [0.717, 1.165) is 4.88 Å². The average molecular weight is 397 g/mol. The van der Waals surface area contributed by atoms with Crippen LogP contribution in [0.5, 0.6) is 0 Å². The number of carbonyl (C=O) groups is 2. The summed E-state index contributed by atoms with van der Waals surface area (Å²) in [5.41, 5.74) is 0.596. The summed E-state index contributed by atoms with van der Waals surface area (Å²) < 4.78 is 0. The van der Waals surface area contributed by atoms with E-state index in [1.165, 1.54) is 0 Å². The Morgan fingerprint density at radius 1 is 1.16 bits per heavy atom. The molecule has 1 aliphatic heterocycles. The maximum Gasteiger partial charge on any atom is 0.227 e. The Bertz CT molecular complexity index is 736. The summed E-state index contributed by atoms with van der Waals surface area (Å²) in [4.78, 5) is 27.7. The average Bonchev–Trinajstić information content (AvgIpc) is 3.07. The van der Waals surface area contributed by atoms with Gasteiger partial charge in [-0.2, -0.15) is 0 Å². The Morgan fingerprint density at radius 3 is 2.44 bits per heavy atom. The van der Waals surface area contributed by atoms with E-state index in [1.54, 1.807) is 29.5 Å². The predicted molar refractivity (Wildman–Crippen MR) is 102 cm³/mol. The number of nitrogens with one attached hydrogen (secondary N) is 1. The first kappa shape index (κ1) is 18.2. The molecule has 0 saturated carbocycles. The highest BCUT2D eigenvalue weighted by molar-refractivity contribution is 7.10. The highest BCUT2D eigenvalue weighted by Gasteiger charge is 2.27. The van der Waals surface area contributed by atoms with Crippen molar-refractivity contribution in [3.05, 3.63) is 50.6 Å². The highest BCUT2D eigenvalue weighted by atomic mass is 35.5. The van der Waals surface area contributed by atoms with Gasteiger partial charge in [0, 0.05) is 39.6 Å². The van der Waals surface area contributed by atoms with Gasteiger partial charge in [0.2, 0.25) is 11.8 Å². The molecule has 1 N–H and O–H groups in total. The van der Waals surface area contributed by atoms with Crippen LogP contribution in [0.4, 0.5) is 5.69 Å². The summed E-state index contributed by atoms with van der Waals surface area (Å²) in [6.45, 7) is 1.22. The van der Waals surface area contributed by atoms with Crippen LogP contribution in [0.2, 0.25) is 10.0 Å². The molecule has 4 nitrogen and oxygen atoms in total. The monoisotopic (exact) mass is 396 g/mol. The molecule has 25 heavy (non-hydrogen) atoms. The van der Waals surface area contributed by atoms with Gasteiger partial charge in [0.25, 0.3) is 0 Å². The minimum atomic E-state index is -0.108. The van der Waals surface area contributed by atoms with E-state index in [1.807, 2.05) is 22.4 Å². The first-order chi connectivity index (χ1) is 12.0. The lowest BCUT2D eigenvalue weighted by molar-refractivity contribution is -0.133. The van der Waals surface area contributed by atoms with Crippen LogP contribution in [0.3, 0.4) is 0 Å². The number of rotatable bonds is 4. The van der Waals surface area contributed by atoms with E-state index < -0.39 is 0 Å². The van der Waals surface area contributed by atoms with Crippen molar-refractivity contribution in [3.8, 4) is 0 Å². The van der Waals surface area contributed by atoms with Crippen LogP contribution in [0.1, 0.15) is 17.7 Å². The van der Waals surface area contributed by atoms with Gasteiger partial charge in [-0.15, -0.1) is 11.3 Å². The molecular formula is C18H18Cl2N2O2S. The fourth-order valence-corrected chi connectivity index (χ4v) is 4.16. The number of hydrogen-bond donors (Lipinski definition) is 1. The van der Waals surface area contributed by atoms with E-state index in [2.05, 4.69) is 5.32 Å². The third-order valence-electron chi connectivity index (χ3n) is 4.25. The number of nitrogens with zero attached hydrogens (tertiary/aromatic N) is 1. The number of benzene rings is 1. The molecule has 0 aliphatic carbocycles. The summed E-state index contributed by atoms with van der Waals surface area (Å²) in [7, 11) is 0. The normalized spacial score (nSPS) is 15.2. The minimum absolute atomic E-state index is 0.0521. The van der Waals surface area contributed by atoms with Gasteiger partial charge in [-0.05, 0) is 42.5 Å². The van der Waals surface area contributed by atoms with Crippen LogP contribution < -0.4 is 5.32 Å². The number of piperidine rings is 1.